The molecule has 2 N–H and O–H groups in total. The molecule has 5 nitrogen and oxygen atoms in total. The molecule has 0 bridgehead atoms. The van der Waals surface area contributed by atoms with Crippen LogP contribution >= 0.6 is 0 Å². The molecule has 1 aromatic rings. The number of carboxylic acids is 1. The number of carboxylic acid groups (broad SMARTS) is 1. The normalized spacial score (nSPS) is 11.7. The fourth-order valence-electron chi connectivity index (χ4n) is 1.52. The number of benzene rings is 1. The van der Waals surface area contributed by atoms with Gasteiger partial charge in [-0.05, 0) is 37.6 Å². The van der Waals surface area contributed by atoms with Gasteiger partial charge in [0.1, 0.15) is 0 Å². The predicted molar refractivity (Wildman–Crippen MR) is 71.1 cm³/mol. The van der Waals surface area contributed by atoms with Crippen molar-refractivity contribution in [3.8, 4) is 0 Å². The molecule has 0 aromatic heterocycles. The Balaban J connectivity index is 2.56. The van der Waals surface area contributed by atoms with Crippen LogP contribution in [0.5, 0.6) is 0 Å². The van der Waals surface area contributed by atoms with Crippen molar-refractivity contribution in [3.05, 3.63) is 29.8 Å². The second-order valence-electron chi connectivity index (χ2n) is 4.46. The lowest BCUT2D eigenvalue weighted by Gasteiger charge is -2.11. The Morgan fingerprint density at radius 2 is 1.79 bits per heavy atom. The Morgan fingerprint density at radius 3 is 2.26 bits per heavy atom. The van der Waals surface area contributed by atoms with Gasteiger partial charge in [0, 0.05) is 23.6 Å². The van der Waals surface area contributed by atoms with Crippen LogP contribution in [0.25, 0.3) is 0 Å². The first-order chi connectivity index (χ1) is 8.90. The van der Waals surface area contributed by atoms with Gasteiger partial charge in [-0.1, -0.05) is 6.92 Å². The quantitative estimate of drug-likeness (QED) is 0.771. The Kier molecular flexibility index (Phi) is 5.23. The molecule has 102 valence electrons. The highest BCUT2D eigenvalue weighted by Crippen LogP contribution is 2.13. The Bertz CT molecular complexity index is 479. The molecule has 0 spiro atoms. The van der Waals surface area contributed by atoms with Crippen molar-refractivity contribution in [2.75, 3.05) is 5.32 Å². The van der Waals surface area contributed by atoms with E-state index in [1.165, 1.54) is 6.92 Å². The maximum Gasteiger partial charge on any atom is 0.303 e. The number of Topliss-reactive ketones (excluding diaryl/α,β-unsaturated/α-hetero) is 1. The number of amides is 1. The summed E-state index contributed by atoms with van der Waals surface area (Å²) >= 11 is 0. The van der Waals surface area contributed by atoms with Gasteiger partial charge in [-0.15, -0.1) is 0 Å². The van der Waals surface area contributed by atoms with Crippen LogP contribution in [0.15, 0.2) is 24.3 Å². The van der Waals surface area contributed by atoms with Gasteiger partial charge in [0.2, 0.25) is 5.91 Å². The number of anilines is 1. The summed E-state index contributed by atoms with van der Waals surface area (Å²) in [5.74, 6) is -1.54. The minimum absolute atomic E-state index is 0.0299. The molecule has 1 aromatic carbocycles. The Hall–Kier alpha value is -2.17. The summed E-state index contributed by atoms with van der Waals surface area (Å²) in [5.41, 5.74) is 1.18. The second kappa shape index (κ2) is 6.68. The van der Waals surface area contributed by atoms with Gasteiger partial charge in [0.25, 0.3) is 0 Å². The molecular weight excluding hydrogens is 246 g/mol. The summed E-state index contributed by atoms with van der Waals surface area (Å²) < 4.78 is 0. The van der Waals surface area contributed by atoms with Crippen LogP contribution in [0.2, 0.25) is 0 Å². The van der Waals surface area contributed by atoms with E-state index in [4.69, 9.17) is 5.11 Å². The van der Waals surface area contributed by atoms with Crippen LogP contribution in [-0.2, 0) is 9.59 Å². The second-order valence-corrected chi connectivity index (χ2v) is 4.46. The van der Waals surface area contributed by atoms with Crippen LogP contribution < -0.4 is 5.32 Å². The number of carbonyl (C=O) groups excluding carboxylic acids is 2. The molecule has 0 radical (unpaired) electrons. The monoisotopic (exact) mass is 263 g/mol. The zero-order valence-corrected chi connectivity index (χ0v) is 11.0. The first kappa shape index (κ1) is 14.9. The Labute approximate surface area is 111 Å². The molecule has 0 heterocycles. The van der Waals surface area contributed by atoms with Crippen molar-refractivity contribution in [1.82, 2.24) is 0 Å². The van der Waals surface area contributed by atoms with Gasteiger partial charge < -0.3 is 10.4 Å². The number of hydrogen-bond donors (Lipinski definition) is 2. The molecule has 0 saturated carbocycles. The van der Waals surface area contributed by atoms with Crippen LogP contribution in [0.1, 0.15) is 37.0 Å². The minimum Gasteiger partial charge on any atom is -0.481 e. The SMILES string of the molecule is CC(=O)c1ccc(NC(=O)C(C)CCC(=O)O)cc1. The lowest BCUT2D eigenvalue weighted by atomic mass is 10.0. The molecule has 1 atom stereocenters. The standard InChI is InChI=1S/C14H17NO4/c1-9(3-8-13(17)18)14(19)15-12-6-4-11(5-7-12)10(2)16/h4-7,9H,3,8H2,1-2H3,(H,15,19)(H,17,18). The molecule has 0 aliphatic rings. The highest BCUT2D eigenvalue weighted by Gasteiger charge is 2.14. The van der Waals surface area contributed by atoms with Crippen molar-refractivity contribution in [2.45, 2.75) is 26.7 Å². The van der Waals surface area contributed by atoms with Gasteiger partial charge >= 0.3 is 5.97 Å². The summed E-state index contributed by atoms with van der Waals surface area (Å²) in [4.78, 5) is 33.3. The largest absolute Gasteiger partial charge is 0.481 e. The third kappa shape index (κ3) is 4.91. The topological polar surface area (TPSA) is 83.5 Å². The molecule has 0 fully saturated rings. The van der Waals surface area contributed by atoms with Gasteiger partial charge in [-0.3, -0.25) is 14.4 Å². The van der Waals surface area contributed by atoms with E-state index >= 15 is 0 Å². The molecule has 19 heavy (non-hydrogen) atoms. The van der Waals surface area contributed by atoms with Crippen LogP contribution in [-0.4, -0.2) is 22.8 Å². The number of hydrogen-bond acceptors (Lipinski definition) is 3. The zero-order valence-electron chi connectivity index (χ0n) is 11.0. The maximum absolute atomic E-state index is 11.8. The molecule has 0 saturated heterocycles. The van der Waals surface area contributed by atoms with Gasteiger partial charge in [0.15, 0.2) is 5.78 Å². The first-order valence-electron chi connectivity index (χ1n) is 6.04. The van der Waals surface area contributed by atoms with Crippen molar-refractivity contribution in [2.24, 2.45) is 5.92 Å². The zero-order chi connectivity index (χ0) is 14.4. The average molecular weight is 263 g/mol. The molecule has 1 amide bonds. The number of ketones is 1. The fourth-order valence-corrected chi connectivity index (χ4v) is 1.52. The van der Waals surface area contributed by atoms with E-state index in [1.807, 2.05) is 0 Å². The van der Waals surface area contributed by atoms with Gasteiger partial charge in [-0.2, -0.15) is 0 Å². The molecule has 1 rings (SSSR count). The fraction of sp³-hybridized carbons (Fsp3) is 0.357. The van der Waals surface area contributed by atoms with E-state index in [2.05, 4.69) is 5.32 Å². The van der Waals surface area contributed by atoms with Crippen LogP contribution in [0, 0.1) is 5.92 Å². The van der Waals surface area contributed by atoms with E-state index in [1.54, 1.807) is 31.2 Å². The lowest BCUT2D eigenvalue weighted by Crippen LogP contribution is -2.21. The average Bonchev–Trinajstić information content (AvgIpc) is 2.36. The van der Waals surface area contributed by atoms with Crippen molar-refractivity contribution >= 4 is 23.3 Å². The predicted octanol–water partition coefficient (Wildman–Crippen LogP) is 2.33. The number of aliphatic carboxylic acids is 1. The smallest absolute Gasteiger partial charge is 0.303 e. The Morgan fingerprint density at radius 1 is 1.21 bits per heavy atom. The third-order valence-electron chi connectivity index (χ3n) is 2.80. The van der Waals surface area contributed by atoms with Gasteiger partial charge in [0.05, 0.1) is 0 Å². The van der Waals surface area contributed by atoms with E-state index < -0.39 is 5.97 Å². The maximum atomic E-state index is 11.8. The molecule has 0 aliphatic carbocycles. The summed E-state index contributed by atoms with van der Waals surface area (Å²) in [5, 5.41) is 11.2. The van der Waals surface area contributed by atoms with Crippen molar-refractivity contribution in [1.29, 1.82) is 0 Å². The highest BCUT2D eigenvalue weighted by atomic mass is 16.4. The first-order valence-corrected chi connectivity index (χ1v) is 6.04. The molecule has 5 heteroatoms. The molecule has 0 aliphatic heterocycles. The van der Waals surface area contributed by atoms with E-state index in [9.17, 15) is 14.4 Å². The lowest BCUT2D eigenvalue weighted by molar-refractivity contribution is -0.137. The van der Waals surface area contributed by atoms with Gasteiger partial charge in [-0.25, -0.2) is 0 Å². The molecule has 1 unspecified atom stereocenters. The minimum atomic E-state index is -0.912. The summed E-state index contributed by atoms with van der Waals surface area (Å²) in [6.07, 6.45) is 0.268. The van der Waals surface area contributed by atoms with Crippen molar-refractivity contribution < 1.29 is 19.5 Å². The highest BCUT2D eigenvalue weighted by molar-refractivity contribution is 5.96. The summed E-state index contributed by atoms with van der Waals surface area (Å²) in [6.45, 7) is 3.16. The number of rotatable bonds is 6. The number of nitrogens with one attached hydrogen (secondary N) is 1. The van der Waals surface area contributed by atoms with E-state index in [-0.39, 0.29) is 24.0 Å². The van der Waals surface area contributed by atoms with Crippen LogP contribution in [0.3, 0.4) is 0 Å². The van der Waals surface area contributed by atoms with E-state index in [0.29, 0.717) is 17.7 Å². The molecular formula is C14H17NO4. The summed E-state index contributed by atoms with van der Waals surface area (Å²) in [6, 6.07) is 6.58. The third-order valence-corrected chi connectivity index (χ3v) is 2.80. The van der Waals surface area contributed by atoms with Crippen molar-refractivity contribution in [3.63, 3.8) is 0 Å². The van der Waals surface area contributed by atoms with E-state index in [0.717, 1.165) is 0 Å². The summed E-state index contributed by atoms with van der Waals surface area (Å²) in [7, 11) is 0. The number of carbonyl (C=O) groups is 3. The van der Waals surface area contributed by atoms with Crippen LogP contribution in [0.4, 0.5) is 5.69 Å².